The largest absolute Gasteiger partial charge is 0.496 e. The Morgan fingerprint density at radius 3 is 2.45 bits per heavy atom. The topological polar surface area (TPSA) is 38.7 Å². The fourth-order valence-electron chi connectivity index (χ4n) is 1.88. The van der Waals surface area contributed by atoms with E-state index in [0.717, 1.165) is 0 Å². The average Bonchev–Trinajstić information content (AvgIpc) is 2.41. The summed E-state index contributed by atoms with van der Waals surface area (Å²) in [6, 6.07) is 9.37. The molecular weight excluding hydrogens is 327 g/mol. The molecule has 20 heavy (non-hydrogen) atoms. The fourth-order valence-corrected chi connectivity index (χ4v) is 2.31. The molecule has 1 N–H and O–H groups in total. The van der Waals surface area contributed by atoms with E-state index in [-0.39, 0.29) is 5.82 Å². The number of aliphatic hydroxyl groups excluding tert-OH is 1. The molecule has 0 heterocycles. The zero-order chi connectivity index (χ0) is 14.7. The Labute approximate surface area is 125 Å². The number of rotatable bonds is 4. The van der Waals surface area contributed by atoms with Crippen LogP contribution in [0.2, 0.25) is 0 Å². The summed E-state index contributed by atoms with van der Waals surface area (Å²) in [5.74, 6) is 1.11. The lowest BCUT2D eigenvalue weighted by atomic mass is 10.1. The number of aliphatic hydroxyl groups is 1. The SMILES string of the molecule is COc1cccc(Oc2ccc(F)cc2Br)c1C(C)O. The second-order valence-corrected chi connectivity index (χ2v) is 5.08. The minimum absolute atomic E-state index is 0.356. The number of methoxy groups -OCH3 is 1. The molecule has 0 saturated carbocycles. The van der Waals surface area contributed by atoms with Crippen LogP contribution >= 0.6 is 15.9 Å². The summed E-state index contributed by atoms with van der Waals surface area (Å²) in [5, 5.41) is 9.88. The van der Waals surface area contributed by atoms with Crippen LogP contribution in [0.1, 0.15) is 18.6 Å². The van der Waals surface area contributed by atoms with E-state index >= 15 is 0 Å². The summed E-state index contributed by atoms with van der Waals surface area (Å²) < 4.78 is 24.5. The Morgan fingerprint density at radius 1 is 1.15 bits per heavy atom. The lowest BCUT2D eigenvalue weighted by molar-refractivity contribution is 0.190. The number of benzene rings is 2. The van der Waals surface area contributed by atoms with Crippen molar-refractivity contribution >= 4 is 15.9 Å². The van der Waals surface area contributed by atoms with Crippen molar-refractivity contribution in [1.82, 2.24) is 0 Å². The zero-order valence-electron chi connectivity index (χ0n) is 11.1. The van der Waals surface area contributed by atoms with Gasteiger partial charge < -0.3 is 14.6 Å². The van der Waals surface area contributed by atoms with Crippen LogP contribution in [0.25, 0.3) is 0 Å². The molecule has 0 aromatic heterocycles. The van der Waals surface area contributed by atoms with Crippen LogP contribution in [0.15, 0.2) is 40.9 Å². The van der Waals surface area contributed by atoms with Crippen molar-refractivity contribution in [3.05, 3.63) is 52.3 Å². The quantitative estimate of drug-likeness (QED) is 0.893. The first-order valence-electron chi connectivity index (χ1n) is 6.00. The fraction of sp³-hybridized carbons (Fsp3) is 0.200. The Hall–Kier alpha value is -1.59. The molecule has 5 heteroatoms. The maximum Gasteiger partial charge on any atom is 0.141 e. The lowest BCUT2D eigenvalue weighted by Crippen LogP contribution is -2.00. The van der Waals surface area contributed by atoms with Crippen LogP contribution in [0.5, 0.6) is 17.2 Å². The van der Waals surface area contributed by atoms with E-state index in [9.17, 15) is 9.50 Å². The molecule has 3 nitrogen and oxygen atoms in total. The molecule has 0 bridgehead atoms. The predicted octanol–water partition coefficient (Wildman–Crippen LogP) is 4.44. The maximum atomic E-state index is 13.1. The van der Waals surface area contributed by atoms with E-state index in [1.165, 1.54) is 25.3 Å². The zero-order valence-corrected chi connectivity index (χ0v) is 12.6. The molecule has 0 radical (unpaired) electrons. The van der Waals surface area contributed by atoms with Gasteiger partial charge in [0, 0.05) is 0 Å². The van der Waals surface area contributed by atoms with Crippen molar-refractivity contribution in [3.63, 3.8) is 0 Å². The van der Waals surface area contributed by atoms with Gasteiger partial charge in [-0.1, -0.05) is 6.07 Å². The Bertz CT molecular complexity index is 614. The molecule has 0 fully saturated rings. The normalized spacial score (nSPS) is 12.1. The molecule has 0 aliphatic rings. The monoisotopic (exact) mass is 340 g/mol. The highest BCUT2D eigenvalue weighted by Gasteiger charge is 2.16. The van der Waals surface area contributed by atoms with Gasteiger partial charge in [-0.25, -0.2) is 4.39 Å². The second kappa shape index (κ2) is 6.24. The van der Waals surface area contributed by atoms with Gasteiger partial charge in [0.15, 0.2) is 0 Å². The third kappa shape index (κ3) is 3.11. The summed E-state index contributed by atoms with van der Waals surface area (Å²) in [6.07, 6.45) is -0.750. The molecule has 1 atom stereocenters. The summed E-state index contributed by atoms with van der Waals surface area (Å²) in [5.41, 5.74) is 0.547. The highest BCUT2D eigenvalue weighted by atomic mass is 79.9. The minimum Gasteiger partial charge on any atom is -0.496 e. The summed E-state index contributed by atoms with van der Waals surface area (Å²) in [7, 11) is 1.53. The van der Waals surface area contributed by atoms with Crippen molar-refractivity contribution in [1.29, 1.82) is 0 Å². The van der Waals surface area contributed by atoms with E-state index in [4.69, 9.17) is 9.47 Å². The van der Waals surface area contributed by atoms with Crippen molar-refractivity contribution in [3.8, 4) is 17.2 Å². The highest BCUT2D eigenvalue weighted by Crippen LogP contribution is 2.38. The molecule has 1 unspecified atom stereocenters. The third-order valence-corrected chi connectivity index (χ3v) is 3.40. The number of ether oxygens (including phenoxy) is 2. The molecule has 0 aliphatic heterocycles. The molecule has 0 amide bonds. The average molecular weight is 341 g/mol. The Balaban J connectivity index is 2.43. The van der Waals surface area contributed by atoms with E-state index in [1.54, 1.807) is 25.1 Å². The van der Waals surface area contributed by atoms with Gasteiger partial charge in [-0.15, -0.1) is 0 Å². The Kier molecular flexibility index (Phi) is 4.62. The first kappa shape index (κ1) is 14.8. The second-order valence-electron chi connectivity index (χ2n) is 4.22. The van der Waals surface area contributed by atoms with E-state index < -0.39 is 6.10 Å². The number of hydrogen-bond acceptors (Lipinski definition) is 3. The molecule has 2 aromatic rings. The molecule has 0 saturated heterocycles. The van der Waals surface area contributed by atoms with Gasteiger partial charge in [-0.05, 0) is 53.2 Å². The van der Waals surface area contributed by atoms with Crippen LogP contribution in [-0.2, 0) is 0 Å². The van der Waals surface area contributed by atoms with Crippen LogP contribution in [0, 0.1) is 5.82 Å². The van der Waals surface area contributed by atoms with Gasteiger partial charge >= 0.3 is 0 Å². The van der Waals surface area contributed by atoms with Gasteiger partial charge in [0.2, 0.25) is 0 Å². The molecular formula is C15H14BrFO3. The summed E-state index contributed by atoms with van der Waals surface area (Å²) in [6.45, 7) is 1.63. The first-order chi connectivity index (χ1) is 9.52. The lowest BCUT2D eigenvalue weighted by Gasteiger charge is -2.17. The molecule has 106 valence electrons. The first-order valence-corrected chi connectivity index (χ1v) is 6.80. The van der Waals surface area contributed by atoms with Crippen molar-refractivity contribution in [2.24, 2.45) is 0 Å². The number of halogens is 2. The van der Waals surface area contributed by atoms with Gasteiger partial charge in [-0.3, -0.25) is 0 Å². The minimum atomic E-state index is -0.750. The van der Waals surface area contributed by atoms with E-state index in [2.05, 4.69) is 15.9 Å². The standard InChI is InChI=1S/C15H14BrFO3/c1-9(18)15-13(19-2)4-3-5-14(15)20-12-7-6-10(17)8-11(12)16/h3-9,18H,1-2H3. The molecule has 2 aromatic carbocycles. The maximum absolute atomic E-state index is 13.1. The number of hydrogen-bond donors (Lipinski definition) is 1. The summed E-state index contributed by atoms with van der Waals surface area (Å²) in [4.78, 5) is 0. The highest BCUT2D eigenvalue weighted by molar-refractivity contribution is 9.10. The van der Waals surface area contributed by atoms with E-state index in [1.807, 2.05) is 0 Å². The van der Waals surface area contributed by atoms with Gasteiger partial charge in [0.05, 0.1) is 23.2 Å². The van der Waals surface area contributed by atoms with Gasteiger partial charge in [0.1, 0.15) is 23.1 Å². The smallest absolute Gasteiger partial charge is 0.141 e. The van der Waals surface area contributed by atoms with Crippen LogP contribution in [-0.4, -0.2) is 12.2 Å². The van der Waals surface area contributed by atoms with Crippen LogP contribution in [0.3, 0.4) is 0 Å². The molecule has 0 aliphatic carbocycles. The molecule has 0 spiro atoms. The van der Waals surface area contributed by atoms with Crippen LogP contribution in [0.4, 0.5) is 4.39 Å². The third-order valence-electron chi connectivity index (χ3n) is 2.78. The van der Waals surface area contributed by atoms with E-state index in [0.29, 0.717) is 27.3 Å². The Morgan fingerprint density at radius 2 is 1.85 bits per heavy atom. The van der Waals surface area contributed by atoms with Crippen molar-refractivity contribution in [2.45, 2.75) is 13.0 Å². The van der Waals surface area contributed by atoms with Crippen molar-refractivity contribution in [2.75, 3.05) is 7.11 Å². The summed E-state index contributed by atoms with van der Waals surface area (Å²) >= 11 is 3.24. The predicted molar refractivity (Wildman–Crippen MR) is 77.8 cm³/mol. The molecule has 2 rings (SSSR count). The van der Waals surface area contributed by atoms with Crippen LogP contribution < -0.4 is 9.47 Å². The van der Waals surface area contributed by atoms with Gasteiger partial charge in [-0.2, -0.15) is 0 Å². The van der Waals surface area contributed by atoms with Gasteiger partial charge in [0.25, 0.3) is 0 Å². The van der Waals surface area contributed by atoms with Crippen molar-refractivity contribution < 1.29 is 19.0 Å².